The Morgan fingerprint density at radius 3 is 2.44 bits per heavy atom. The molecule has 1 saturated carbocycles. The first-order chi connectivity index (χ1) is 8.67. The fourth-order valence-electron chi connectivity index (χ4n) is 2.58. The number of nitrogens with zero attached hydrogens (tertiary/aromatic N) is 1. The quantitative estimate of drug-likeness (QED) is 0.175. The van der Waals surface area contributed by atoms with E-state index >= 15 is 0 Å². The van der Waals surface area contributed by atoms with Gasteiger partial charge in [-0.1, -0.05) is 44.2 Å². The monoisotopic (exact) mass is 255 g/mol. The zero-order valence-corrected chi connectivity index (χ0v) is 11.2. The van der Waals surface area contributed by atoms with Crippen LogP contribution in [-0.4, -0.2) is 23.5 Å². The van der Waals surface area contributed by atoms with Crippen LogP contribution in [-0.2, 0) is 4.79 Å². The third-order valence-corrected chi connectivity index (χ3v) is 3.81. The van der Waals surface area contributed by atoms with Crippen LogP contribution >= 0.6 is 0 Å². The van der Waals surface area contributed by atoms with E-state index in [1.807, 2.05) is 0 Å². The van der Waals surface area contributed by atoms with Crippen molar-refractivity contribution in [2.24, 2.45) is 16.3 Å². The van der Waals surface area contributed by atoms with Crippen LogP contribution in [0.2, 0.25) is 0 Å². The lowest BCUT2D eigenvalue weighted by molar-refractivity contribution is -0.128. The summed E-state index contributed by atoms with van der Waals surface area (Å²) in [5.74, 6) is -0.00783. The topological polar surface area (TPSA) is 87.7 Å². The summed E-state index contributed by atoms with van der Waals surface area (Å²) < 4.78 is 0. The maximum Gasteiger partial charge on any atom is 0.233 e. The first kappa shape index (κ1) is 14.8. The van der Waals surface area contributed by atoms with Gasteiger partial charge in [-0.25, -0.2) is 0 Å². The van der Waals surface area contributed by atoms with Crippen molar-refractivity contribution in [1.82, 2.24) is 5.32 Å². The number of unbranched alkanes of at least 4 members (excludes halogenated alkanes) is 1. The molecule has 18 heavy (non-hydrogen) atoms. The summed E-state index contributed by atoms with van der Waals surface area (Å²) in [6.45, 7) is 2.74. The van der Waals surface area contributed by atoms with Gasteiger partial charge in [0.25, 0.3) is 0 Å². The Morgan fingerprint density at radius 2 is 1.94 bits per heavy atom. The van der Waals surface area contributed by atoms with Crippen LogP contribution in [0.5, 0.6) is 0 Å². The van der Waals surface area contributed by atoms with E-state index in [9.17, 15) is 4.79 Å². The van der Waals surface area contributed by atoms with Crippen LogP contribution in [0.15, 0.2) is 5.16 Å². The van der Waals surface area contributed by atoms with Crippen LogP contribution < -0.4 is 11.1 Å². The van der Waals surface area contributed by atoms with Gasteiger partial charge in [-0.05, 0) is 19.3 Å². The Morgan fingerprint density at radius 1 is 1.33 bits per heavy atom. The third kappa shape index (κ3) is 3.37. The van der Waals surface area contributed by atoms with Gasteiger partial charge in [0.2, 0.25) is 5.91 Å². The highest BCUT2D eigenvalue weighted by atomic mass is 16.4. The number of amidine groups is 1. The largest absolute Gasteiger partial charge is 0.409 e. The summed E-state index contributed by atoms with van der Waals surface area (Å²) in [7, 11) is 0. The molecule has 1 amide bonds. The van der Waals surface area contributed by atoms with Crippen LogP contribution in [0.4, 0.5) is 0 Å². The van der Waals surface area contributed by atoms with Gasteiger partial charge in [-0.3, -0.25) is 4.79 Å². The van der Waals surface area contributed by atoms with Gasteiger partial charge in [-0.2, -0.15) is 0 Å². The Labute approximate surface area is 109 Å². The highest BCUT2D eigenvalue weighted by Gasteiger charge is 2.42. The number of nitrogens with one attached hydrogen (secondary N) is 1. The van der Waals surface area contributed by atoms with Crippen LogP contribution in [0.1, 0.15) is 58.3 Å². The maximum atomic E-state index is 12.4. The number of rotatable bonds is 5. The van der Waals surface area contributed by atoms with Gasteiger partial charge in [-0.15, -0.1) is 0 Å². The molecule has 5 heteroatoms. The summed E-state index contributed by atoms with van der Waals surface area (Å²) in [6, 6.07) is 0. The normalized spacial score (nSPS) is 20.2. The standard InChI is InChI=1S/C13H25N3O2/c1-2-3-10-15-12(17)13(11(14)16-18)8-6-4-5-7-9-13/h18H,2-10H2,1H3,(H2,14,16)(H,15,17). The zero-order valence-electron chi connectivity index (χ0n) is 11.2. The van der Waals surface area contributed by atoms with Gasteiger partial charge in [0, 0.05) is 6.54 Å². The van der Waals surface area contributed by atoms with Crippen molar-refractivity contribution in [2.75, 3.05) is 6.54 Å². The van der Waals surface area contributed by atoms with E-state index in [2.05, 4.69) is 17.4 Å². The maximum absolute atomic E-state index is 12.4. The molecular formula is C13H25N3O2. The second-order valence-electron chi connectivity index (χ2n) is 5.09. The smallest absolute Gasteiger partial charge is 0.233 e. The van der Waals surface area contributed by atoms with E-state index < -0.39 is 5.41 Å². The second kappa shape index (κ2) is 7.24. The molecule has 0 aromatic carbocycles. The highest BCUT2D eigenvalue weighted by molar-refractivity contribution is 6.06. The fourth-order valence-corrected chi connectivity index (χ4v) is 2.58. The Kier molecular flexibility index (Phi) is 5.95. The van der Waals surface area contributed by atoms with E-state index in [-0.39, 0.29) is 11.7 Å². The second-order valence-corrected chi connectivity index (χ2v) is 5.09. The molecule has 5 nitrogen and oxygen atoms in total. The van der Waals surface area contributed by atoms with Crippen molar-refractivity contribution in [3.8, 4) is 0 Å². The number of hydrogen-bond acceptors (Lipinski definition) is 3. The molecule has 1 aliphatic carbocycles. The van der Waals surface area contributed by atoms with Crippen molar-refractivity contribution in [3.63, 3.8) is 0 Å². The molecule has 0 heterocycles. The number of amides is 1. The molecule has 104 valence electrons. The Balaban J connectivity index is 2.79. The predicted octanol–water partition coefficient (Wildman–Crippen LogP) is 1.99. The molecule has 0 saturated heterocycles. The summed E-state index contributed by atoms with van der Waals surface area (Å²) >= 11 is 0. The number of carbonyl (C=O) groups is 1. The fraction of sp³-hybridized carbons (Fsp3) is 0.846. The summed E-state index contributed by atoms with van der Waals surface area (Å²) in [5.41, 5.74) is 5.00. The van der Waals surface area contributed by atoms with Crippen molar-refractivity contribution in [2.45, 2.75) is 58.3 Å². The highest BCUT2D eigenvalue weighted by Crippen LogP contribution is 2.35. The molecule has 0 radical (unpaired) electrons. The molecule has 0 aromatic heterocycles. The lowest BCUT2D eigenvalue weighted by Gasteiger charge is -2.29. The van der Waals surface area contributed by atoms with Crippen LogP contribution in [0.25, 0.3) is 0 Å². The minimum Gasteiger partial charge on any atom is -0.409 e. The van der Waals surface area contributed by atoms with E-state index in [1.165, 1.54) is 0 Å². The zero-order chi connectivity index (χ0) is 13.4. The lowest BCUT2D eigenvalue weighted by atomic mass is 9.78. The Bertz CT molecular complexity index is 295. The summed E-state index contributed by atoms with van der Waals surface area (Å²) in [4.78, 5) is 12.4. The number of hydrogen-bond donors (Lipinski definition) is 3. The van der Waals surface area contributed by atoms with E-state index in [0.29, 0.717) is 19.4 Å². The van der Waals surface area contributed by atoms with Crippen molar-refractivity contribution in [3.05, 3.63) is 0 Å². The molecule has 0 bridgehead atoms. The first-order valence-corrected chi connectivity index (χ1v) is 6.93. The third-order valence-electron chi connectivity index (χ3n) is 3.81. The molecule has 0 aromatic rings. The molecule has 1 fully saturated rings. The predicted molar refractivity (Wildman–Crippen MR) is 71.5 cm³/mol. The van der Waals surface area contributed by atoms with E-state index in [1.54, 1.807) is 0 Å². The molecule has 1 rings (SSSR count). The minimum atomic E-state index is -0.793. The summed E-state index contributed by atoms with van der Waals surface area (Å²) in [5, 5.41) is 15.0. The van der Waals surface area contributed by atoms with Crippen LogP contribution in [0.3, 0.4) is 0 Å². The first-order valence-electron chi connectivity index (χ1n) is 6.93. The molecule has 0 aliphatic heterocycles. The van der Waals surface area contributed by atoms with Crippen molar-refractivity contribution < 1.29 is 10.0 Å². The average molecular weight is 255 g/mol. The van der Waals surface area contributed by atoms with Crippen molar-refractivity contribution >= 4 is 11.7 Å². The molecule has 0 spiro atoms. The number of oxime groups is 1. The van der Waals surface area contributed by atoms with Gasteiger partial charge >= 0.3 is 0 Å². The molecule has 0 unspecified atom stereocenters. The Hall–Kier alpha value is -1.26. The van der Waals surface area contributed by atoms with Crippen molar-refractivity contribution in [1.29, 1.82) is 0 Å². The average Bonchev–Trinajstić information content (AvgIpc) is 2.64. The SMILES string of the molecule is CCCCNC(=O)C1(C(N)=NO)CCCCCC1. The lowest BCUT2D eigenvalue weighted by Crippen LogP contribution is -2.49. The van der Waals surface area contributed by atoms with Gasteiger partial charge in [0.05, 0.1) is 0 Å². The molecule has 0 atom stereocenters. The molecule has 1 aliphatic rings. The molecule has 4 N–H and O–H groups in total. The molecular weight excluding hydrogens is 230 g/mol. The van der Waals surface area contributed by atoms with E-state index in [0.717, 1.165) is 38.5 Å². The number of carbonyl (C=O) groups excluding carboxylic acids is 1. The van der Waals surface area contributed by atoms with Gasteiger partial charge in [0.15, 0.2) is 5.84 Å². The summed E-state index contributed by atoms with van der Waals surface area (Å²) in [6.07, 6.45) is 7.50. The van der Waals surface area contributed by atoms with Crippen LogP contribution in [0, 0.1) is 5.41 Å². The van der Waals surface area contributed by atoms with Gasteiger partial charge < -0.3 is 16.3 Å². The van der Waals surface area contributed by atoms with E-state index in [4.69, 9.17) is 10.9 Å². The van der Waals surface area contributed by atoms with Gasteiger partial charge in [0.1, 0.15) is 5.41 Å². The number of nitrogens with two attached hydrogens (primary N) is 1. The minimum absolute atomic E-state index is 0.0680.